The number of rotatable bonds is 6. The minimum atomic E-state index is -4.49. The van der Waals surface area contributed by atoms with Gasteiger partial charge in [0.25, 0.3) is 0 Å². The van der Waals surface area contributed by atoms with Crippen molar-refractivity contribution in [2.24, 2.45) is 0 Å². The zero-order chi connectivity index (χ0) is 25.2. The first kappa shape index (κ1) is 24.9. The van der Waals surface area contributed by atoms with Crippen molar-refractivity contribution in [2.45, 2.75) is 20.0 Å². The van der Waals surface area contributed by atoms with Crippen LogP contribution in [-0.2, 0) is 6.18 Å². The van der Waals surface area contributed by atoms with Gasteiger partial charge in [0.1, 0.15) is 11.6 Å². The van der Waals surface area contributed by atoms with Gasteiger partial charge in [-0.2, -0.15) is 28.1 Å². The van der Waals surface area contributed by atoms with Crippen molar-refractivity contribution in [3.63, 3.8) is 0 Å². The topological polar surface area (TPSA) is 61.3 Å². The van der Waals surface area contributed by atoms with Crippen LogP contribution in [0.2, 0.25) is 5.02 Å². The van der Waals surface area contributed by atoms with Gasteiger partial charge in [-0.05, 0) is 44.2 Å². The summed E-state index contributed by atoms with van der Waals surface area (Å²) >= 11 is 5.83. The van der Waals surface area contributed by atoms with Crippen LogP contribution in [-0.4, -0.2) is 59.2 Å². The Kier molecular flexibility index (Phi) is 7.25. The smallest absolute Gasteiger partial charge is 0.353 e. The highest BCUT2D eigenvalue weighted by molar-refractivity contribution is 6.30. The molecule has 1 aromatic carbocycles. The van der Waals surface area contributed by atoms with Crippen LogP contribution >= 0.6 is 11.6 Å². The predicted molar refractivity (Wildman–Crippen MR) is 127 cm³/mol. The van der Waals surface area contributed by atoms with Crippen LogP contribution in [0.4, 0.5) is 35.3 Å². The summed E-state index contributed by atoms with van der Waals surface area (Å²) in [6, 6.07) is 6.66. The summed E-state index contributed by atoms with van der Waals surface area (Å²) in [5.74, 6) is 0.441. The fraction of sp³-hybridized carbons (Fsp3) is 0.391. The van der Waals surface area contributed by atoms with Crippen LogP contribution in [0.1, 0.15) is 19.4 Å². The third kappa shape index (κ3) is 5.39. The largest absolute Gasteiger partial charge is 0.419 e. The number of benzene rings is 1. The molecule has 2 aromatic heterocycles. The highest BCUT2D eigenvalue weighted by Gasteiger charge is 2.36. The fourth-order valence-electron chi connectivity index (χ4n) is 3.90. The van der Waals surface area contributed by atoms with Gasteiger partial charge in [0.05, 0.1) is 10.6 Å². The molecule has 186 valence electrons. The van der Waals surface area contributed by atoms with Crippen LogP contribution < -0.4 is 14.7 Å². The molecule has 3 heterocycles. The first-order chi connectivity index (χ1) is 16.7. The molecule has 35 heavy (non-hydrogen) atoms. The molecule has 12 heteroatoms. The van der Waals surface area contributed by atoms with Gasteiger partial charge in [-0.15, -0.1) is 0 Å². The number of halogens is 5. The molecule has 3 aromatic rings. The molecule has 0 radical (unpaired) electrons. The molecule has 0 unspecified atom stereocenters. The summed E-state index contributed by atoms with van der Waals surface area (Å²) in [6.07, 6.45) is -3.13. The fourth-order valence-corrected chi connectivity index (χ4v) is 4.01. The lowest BCUT2D eigenvalue weighted by atomic mass is 10.2. The van der Waals surface area contributed by atoms with Crippen LogP contribution in [0.25, 0.3) is 11.4 Å². The van der Waals surface area contributed by atoms with Crippen molar-refractivity contribution >= 4 is 29.3 Å². The molecule has 1 fully saturated rings. The van der Waals surface area contributed by atoms with Crippen LogP contribution in [0.15, 0.2) is 36.5 Å². The molecule has 1 aliphatic heterocycles. The van der Waals surface area contributed by atoms with Crippen LogP contribution in [0.5, 0.6) is 0 Å². The Morgan fingerprint density at radius 1 is 0.971 bits per heavy atom. The molecule has 4 rings (SSSR count). The minimum absolute atomic E-state index is 0.00383. The minimum Gasteiger partial charge on any atom is -0.353 e. The van der Waals surface area contributed by atoms with E-state index in [1.165, 1.54) is 24.4 Å². The van der Waals surface area contributed by atoms with Crippen molar-refractivity contribution in [3.05, 3.63) is 52.9 Å². The first-order valence-electron chi connectivity index (χ1n) is 11.2. The molecule has 1 aliphatic rings. The van der Waals surface area contributed by atoms with Gasteiger partial charge in [-0.1, -0.05) is 11.6 Å². The molecule has 0 aliphatic carbocycles. The summed E-state index contributed by atoms with van der Waals surface area (Å²) in [4.78, 5) is 23.1. The SMILES string of the molecule is CCN(CC)c1nc(-c2ccc(Cl)c(F)c2)nc(N2CCN(c3ncccc3C(F)(F)F)CC2)n1. The normalized spacial score (nSPS) is 14.4. The van der Waals surface area contributed by atoms with E-state index in [9.17, 15) is 17.6 Å². The third-order valence-corrected chi connectivity index (χ3v) is 6.10. The van der Waals surface area contributed by atoms with Crippen molar-refractivity contribution in [1.29, 1.82) is 0 Å². The van der Waals surface area contributed by atoms with Crippen molar-refractivity contribution in [3.8, 4) is 11.4 Å². The molecular formula is C23H24ClF4N7. The van der Waals surface area contributed by atoms with E-state index >= 15 is 0 Å². The maximum absolute atomic E-state index is 14.1. The molecule has 0 bridgehead atoms. The molecule has 7 nitrogen and oxygen atoms in total. The molecule has 0 saturated carbocycles. The quantitative estimate of drug-likeness (QED) is 0.437. The summed E-state index contributed by atoms with van der Waals surface area (Å²) in [5, 5.41) is -0.00383. The van der Waals surface area contributed by atoms with E-state index in [4.69, 9.17) is 11.6 Å². The Hall–Kier alpha value is -3.21. The molecule has 0 amide bonds. The van der Waals surface area contributed by atoms with Crippen molar-refractivity contribution in [2.75, 3.05) is 54.0 Å². The van der Waals surface area contributed by atoms with E-state index in [1.807, 2.05) is 23.6 Å². The summed E-state index contributed by atoms with van der Waals surface area (Å²) in [6.45, 7) is 6.61. The molecule has 1 saturated heterocycles. The number of pyridine rings is 1. The number of hydrogen-bond acceptors (Lipinski definition) is 7. The zero-order valence-electron chi connectivity index (χ0n) is 19.2. The van der Waals surface area contributed by atoms with Crippen molar-refractivity contribution < 1.29 is 17.6 Å². The van der Waals surface area contributed by atoms with E-state index in [-0.39, 0.29) is 10.8 Å². The Morgan fingerprint density at radius 2 is 1.66 bits per heavy atom. The Bertz CT molecular complexity index is 1180. The summed E-state index contributed by atoms with van der Waals surface area (Å²) < 4.78 is 54.5. The number of anilines is 3. The second-order valence-electron chi connectivity index (χ2n) is 7.91. The lowest BCUT2D eigenvalue weighted by molar-refractivity contribution is -0.137. The summed E-state index contributed by atoms with van der Waals surface area (Å²) in [5.41, 5.74) is -0.310. The zero-order valence-corrected chi connectivity index (χ0v) is 20.0. The van der Waals surface area contributed by atoms with E-state index < -0.39 is 17.6 Å². The first-order valence-corrected chi connectivity index (χ1v) is 11.6. The molecule has 0 atom stereocenters. The maximum Gasteiger partial charge on any atom is 0.419 e. The van der Waals surface area contributed by atoms with Gasteiger partial charge < -0.3 is 14.7 Å². The monoisotopic (exact) mass is 509 g/mol. The lowest BCUT2D eigenvalue weighted by Crippen LogP contribution is -2.48. The van der Waals surface area contributed by atoms with Crippen LogP contribution in [0.3, 0.4) is 0 Å². The van der Waals surface area contributed by atoms with Gasteiger partial charge in [0, 0.05) is 51.0 Å². The summed E-state index contributed by atoms with van der Waals surface area (Å²) in [7, 11) is 0. The van der Waals surface area contributed by atoms with Gasteiger partial charge in [0.15, 0.2) is 5.82 Å². The van der Waals surface area contributed by atoms with Gasteiger partial charge in [-0.25, -0.2) is 9.37 Å². The number of aromatic nitrogens is 4. The highest BCUT2D eigenvalue weighted by atomic mass is 35.5. The van der Waals surface area contributed by atoms with E-state index in [1.54, 1.807) is 11.0 Å². The predicted octanol–water partition coefficient (Wildman–Crippen LogP) is 4.92. The number of hydrogen-bond donors (Lipinski definition) is 0. The van der Waals surface area contributed by atoms with Gasteiger partial charge >= 0.3 is 6.18 Å². The van der Waals surface area contributed by atoms with Crippen molar-refractivity contribution in [1.82, 2.24) is 19.9 Å². The number of alkyl halides is 3. The average molecular weight is 510 g/mol. The Labute approximate surface area is 205 Å². The second-order valence-corrected chi connectivity index (χ2v) is 8.31. The average Bonchev–Trinajstić information content (AvgIpc) is 2.86. The van der Waals surface area contributed by atoms with Crippen LogP contribution in [0, 0.1) is 5.82 Å². The van der Waals surface area contributed by atoms with E-state index in [2.05, 4.69) is 19.9 Å². The molecule has 0 spiro atoms. The molecular weight excluding hydrogens is 486 g/mol. The number of nitrogens with zero attached hydrogens (tertiary/aromatic N) is 7. The number of piperazine rings is 1. The van der Waals surface area contributed by atoms with Gasteiger partial charge in [0.2, 0.25) is 11.9 Å². The molecule has 0 N–H and O–H groups in total. The Balaban J connectivity index is 1.63. The highest BCUT2D eigenvalue weighted by Crippen LogP contribution is 2.35. The maximum atomic E-state index is 14.1. The third-order valence-electron chi connectivity index (χ3n) is 5.79. The lowest BCUT2D eigenvalue weighted by Gasteiger charge is -2.36. The second kappa shape index (κ2) is 10.2. The Morgan fingerprint density at radius 3 is 2.29 bits per heavy atom. The van der Waals surface area contributed by atoms with Gasteiger partial charge in [-0.3, -0.25) is 0 Å². The standard InChI is InChI=1S/C23H24ClF4N7/c1-3-33(4-2)21-30-19(15-7-8-17(24)18(25)14-15)31-22(32-21)35-12-10-34(11-13-35)20-16(23(26,27)28)6-5-9-29-20/h5-9,14H,3-4,10-13H2,1-2H3. The van der Waals surface area contributed by atoms with E-state index in [0.29, 0.717) is 62.6 Å². The van der Waals surface area contributed by atoms with E-state index in [0.717, 1.165) is 6.07 Å².